The molecule has 3 saturated carbocycles. The van der Waals surface area contributed by atoms with Gasteiger partial charge in [0.05, 0.1) is 60.4 Å². The summed E-state index contributed by atoms with van der Waals surface area (Å²) in [6, 6.07) is 48.8. The first kappa shape index (κ1) is 95.9. The van der Waals surface area contributed by atoms with Crippen LogP contribution < -0.4 is 80.6 Å². The largest absolute Gasteiger partial charge is 0.508 e. The summed E-state index contributed by atoms with van der Waals surface area (Å²) < 4.78 is 66.1. The van der Waals surface area contributed by atoms with Crippen molar-refractivity contribution in [3.8, 4) is 80.2 Å². The van der Waals surface area contributed by atoms with Crippen LogP contribution in [0.3, 0.4) is 0 Å². The molecule has 3 aliphatic carbocycles. The second-order valence-corrected chi connectivity index (χ2v) is 42.0. The molecule has 0 radical (unpaired) electrons. The van der Waals surface area contributed by atoms with Crippen LogP contribution in [0.25, 0.3) is 22.7 Å². The molecule has 14 aromatic rings. The van der Waals surface area contributed by atoms with Crippen LogP contribution in [0.4, 0.5) is 10.1 Å². The summed E-state index contributed by atoms with van der Waals surface area (Å²) in [4.78, 5) is 144. The van der Waals surface area contributed by atoms with Gasteiger partial charge in [-0.25, -0.2) is 122 Å². The number of ether oxygens (including phenoxy) is 5. The number of fused-ring (bicyclic) bond motifs is 27. The molecule has 13 aliphatic rings. The average molecular weight is 2130 g/mol. The summed E-state index contributed by atoms with van der Waals surface area (Å²) in [7, 11) is 0. The maximum atomic E-state index is 13.7. The van der Waals surface area contributed by atoms with Gasteiger partial charge in [0.1, 0.15) is 122 Å². The Balaban J connectivity index is 0.000000102. The molecule has 5 N–H and O–H groups in total. The number of para-hydroxylation sites is 2. The molecule has 0 saturated heterocycles. The molecule has 10 aliphatic heterocycles. The Morgan fingerprint density at radius 1 is 0.329 bits per heavy atom. The van der Waals surface area contributed by atoms with Gasteiger partial charge in [0.2, 0.25) is 0 Å². The van der Waals surface area contributed by atoms with E-state index in [2.05, 4.69) is 34.7 Å². The van der Waals surface area contributed by atoms with Gasteiger partial charge in [0, 0.05) is 91.0 Å². The lowest BCUT2D eigenvalue weighted by Gasteiger charge is -2.44. The van der Waals surface area contributed by atoms with Gasteiger partial charge in [-0.05, 0) is 260 Å². The summed E-state index contributed by atoms with van der Waals surface area (Å²) in [5, 5.41) is 60.9. The molecule has 38 nitrogen and oxygen atoms in total. The lowest BCUT2D eigenvalue weighted by molar-refractivity contribution is -0.384. The Morgan fingerprint density at radius 3 is 1.03 bits per heavy atom. The Labute approximate surface area is 858 Å². The van der Waals surface area contributed by atoms with Gasteiger partial charge in [-0.2, -0.15) is 0 Å². The van der Waals surface area contributed by atoms with Crippen LogP contribution in [0.5, 0.6) is 57.5 Å². The molecule has 40 heteroatoms. The minimum atomic E-state index is -0.778. The molecule has 764 valence electrons. The number of non-ortho nitro benzene ring substituents is 1. The minimum Gasteiger partial charge on any atom is -0.508 e. The fraction of sp³-hybridized carbons (Fsp3) is 0.321. The van der Waals surface area contributed by atoms with E-state index in [0.717, 1.165) is 134 Å². The summed E-state index contributed by atoms with van der Waals surface area (Å²) in [6.45, 7) is 12.7. The highest BCUT2D eigenvalue weighted by Crippen LogP contribution is 2.57. The third-order valence-electron chi connectivity index (χ3n) is 31.0. The van der Waals surface area contributed by atoms with E-state index in [4.69, 9.17) is 23.7 Å². The number of aromatic hydroxyl groups is 5. The molecule has 0 bridgehead atoms. The van der Waals surface area contributed by atoms with E-state index >= 15 is 0 Å². The molecule has 15 heterocycles. The first-order valence-electron chi connectivity index (χ1n) is 49.6. The average Bonchev–Trinajstić information content (AvgIpc) is 1.56. The number of hydrogen-bond acceptors (Lipinski definition) is 22. The lowest BCUT2D eigenvalue weighted by atomic mass is 9.79. The summed E-state index contributed by atoms with van der Waals surface area (Å²) in [5.41, 5.74) is 2.48. The highest BCUT2D eigenvalue weighted by Gasteiger charge is 2.55. The van der Waals surface area contributed by atoms with Gasteiger partial charge in [-0.3, -0.25) is 10.1 Å². The van der Waals surface area contributed by atoms with Crippen molar-refractivity contribution in [2.75, 3.05) is 0 Å². The van der Waals surface area contributed by atoms with Crippen molar-refractivity contribution in [3.05, 3.63) is 405 Å². The number of nitrogens with zero attached hydrogens (tertiary/aromatic N) is 16. The second kappa shape index (κ2) is 35.7. The van der Waals surface area contributed by atoms with Gasteiger partial charge in [0.15, 0.2) is 0 Å². The number of benzene rings is 9. The standard InChI is InChI=1S/C23H27N3O4.C23H21N3O4.C21H18FN3O4.C21H18IN3O4.C21H18N4O6/c2*27-16-8-9-17-19(14-16)30-23(11-4-5-12-23)18-10-13-24-21(28)25(15-6-2-1-3-7-15)22(29)26(24)20(17)18;1-21(2)16-9-10-23-19(27)24(13-5-3-12(22)4-6-13)20(28)25(23)18(16)15-8-7-14(26)11-17(15)29-21;1-21(2)14-9-10-23-19(27)24(16-6-4-3-5-15(16)22)20(28)25(23)18(14)13-8-7-12(26)11-17(13)29-21;1-21(2)16-8-9-22-19(27)23(12-4-3-5-13(10-12)25(29)30)20(28)24(22)18(16)15-7-6-14(26)11-17(15)31-21/h8-10,14-15,20,27H,1-7,11-13H2;1-3,6-10,14,20,27H,4-5,11-13H2;2*3-9,11,18,26H,10H2,1-2H3;3-8,10-11,18,26H,9H2,1-2H3. The zero-order chi connectivity index (χ0) is 104. The predicted octanol–water partition coefficient (Wildman–Crippen LogP) is 13.3. The molecule has 5 aromatic heterocycles. The van der Waals surface area contributed by atoms with Crippen molar-refractivity contribution in [3.63, 3.8) is 0 Å². The third-order valence-corrected chi connectivity index (χ3v) is 31.9. The number of nitro groups is 1. The molecule has 27 rings (SSSR count). The molecule has 9 aromatic carbocycles. The van der Waals surface area contributed by atoms with Crippen LogP contribution in [0, 0.1) is 19.5 Å². The van der Waals surface area contributed by atoms with E-state index in [1.165, 1.54) is 126 Å². The molecule has 5 unspecified atom stereocenters. The fourth-order valence-corrected chi connectivity index (χ4v) is 24.9. The zero-order valence-electron chi connectivity index (χ0n) is 81.6. The van der Waals surface area contributed by atoms with Gasteiger partial charge < -0.3 is 49.2 Å². The Morgan fingerprint density at radius 2 is 0.644 bits per heavy atom. The molecule has 5 atom stereocenters. The molecule has 2 spiro atoms. The Bertz CT molecular complexity index is 8830. The number of phenols is 5. The van der Waals surface area contributed by atoms with E-state index in [-0.39, 0.29) is 100 Å². The molecular formula is C109H102FIN16O22. The van der Waals surface area contributed by atoms with E-state index in [1.54, 1.807) is 92.9 Å². The SMILES string of the molecule is CC1(C)Oc2cc(O)ccc2C2C1=CCn1c(=O)n(-c3ccc(F)cc3)c(=O)n12.CC1(C)Oc2cc(O)ccc2C2C1=CCn1c(=O)n(-c3cccc([N+](=O)[O-])c3)c(=O)n12.CC1(C)Oc2cc(O)ccc2C2C1=CCn1c(=O)n(-c3ccccc3I)c(=O)n12.O=c1n(-c2ccccc2)c(=O)n2n1CC=C1C2c2ccc(O)cc2OC12CCCC2.O=c1n(C2CCCCC2)c(=O)n2n1CC=C1C2c2ccc(O)cc2OC12CCCC2. The molecule has 0 amide bonds. The number of aromatic nitrogens is 15. The van der Waals surface area contributed by atoms with E-state index < -0.39 is 91.4 Å². The van der Waals surface area contributed by atoms with Crippen molar-refractivity contribution in [2.24, 2.45) is 0 Å². The van der Waals surface area contributed by atoms with E-state index in [0.29, 0.717) is 70.0 Å². The number of rotatable bonds is 6. The van der Waals surface area contributed by atoms with Crippen LogP contribution in [0.1, 0.15) is 189 Å². The Hall–Kier alpha value is -16.6. The third kappa shape index (κ3) is 15.5. The Kier molecular flexibility index (Phi) is 23.0. The van der Waals surface area contributed by atoms with Crippen LogP contribution in [0.15, 0.2) is 300 Å². The van der Waals surface area contributed by atoms with E-state index in [1.807, 2.05) is 102 Å². The quantitative estimate of drug-likeness (QED) is 0.0447. The minimum absolute atomic E-state index is 0.00707. The fourth-order valence-electron chi connectivity index (χ4n) is 24.3. The highest BCUT2D eigenvalue weighted by atomic mass is 127. The van der Waals surface area contributed by atoms with Crippen LogP contribution in [-0.4, -0.2) is 128 Å². The first-order chi connectivity index (χ1) is 71.4. The molecular weight excluding hydrogens is 2030 g/mol. The van der Waals surface area contributed by atoms with Crippen LogP contribution in [-0.2, 0) is 32.7 Å². The maximum absolute atomic E-state index is 13.7. The van der Waals surface area contributed by atoms with Crippen molar-refractivity contribution in [2.45, 2.75) is 222 Å². The van der Waals surface area contributed by atoms with Crippen molar-refractivity contribution < 1.29 is 58.5 Å². The number of nitro benzene ring substituents is 1. The topological polar surface area (TPSA) is 435 Å². The van der Waals surface area contributed by atoms with Gasteiger partial charge in [0.25, 0.3) is 5.69 Å². The van der Waals surface area contributed by atoms with Crippen molar-refractivity contribution >= 4 is 28.3 Å². The smallest absolute Gasteiger partial charge is 0.352 e. The number of hydrogen-bond donors (Lipinski definition) is 5. The van der Waals surface area contributed by atoms with Crippen molar-refractivity contribution in [1.82, 2.24) is 69.7 Å². The van der Waals surface area contributed by atoms with Gasteiger partial charge >= 0.3 is 56.9 Å². The lowest BCUT2D eigenvalue weighted by Crippen LogP contribution is -2.48. The zero-order valence-corrected chi connectivity index (χ0v) is 83.8. The summed E-state index contributed by atoms with van der Waals surface area (Å²) >= 11 is 2.13. The number of allylic oxidation sites excluding steroid dienone is 5. The van der Waals surface area contributed by atoms with Crippen LogP contribution in [0.2, 0.25) is 0 Å². The van der Waals surface area contributed by atoms with Crippen molar-refractivity contribution in [1.29, 1.82) is 0 Å². The molecule has 149 heavy (non-hydrogen) atoms. The number of halogens is 2. The van der Waals surface area contributed by atoms with Gasteiger partial charge in [-0.1, -0.05) is 86.0 Å². The second-order valence-electron chi connectivity index (χ2n) is 40.9. The first-order valence-corrected chi connectivity index (χ1v) is 50.7. The summed E-state index contributed by atoms with van der Waals surface area (Å²) in [6.07, 6.45) is 22.7. The van der Waals surface area contributed by atoms with Crippen LogP contribution >= 0.6 is 22.6 Å². The van der Waals surface area contributed by atoms with E-state index in [9.17, 15) is 88.0 Å². The normalized spacial score (nSPS) is 20.3. The monoisotopic (exact) mass is 2130 g/mol. The highest BCUT2D eigenvalue weighted by molar-refractivity contribution is 14.1. The molecule has 3 fully saturated rings. The predicted molar refractivity (Wildman–Crippen MR) is 551 cm³/mol. The number of phenolic OH excluding ortho intramolecular Hbond substituents is 5. The van der Waals surface area contributed by atoms with Gasteiger partial charge in [-0.15, -0.1) is 0 Å². The maximum Gasteiger partial charge on any atom is 0.352 e. The summed E-state index contributed by atoms with van der Waals surface area (Å²) in [5.74, 6) is 2.57.